The summed E-state index contributed by atoms with van der Waals surface area (Å²) in [6, 6.07) is 5.30. The summed E-state index contributed by atoms with van der Waals surface area (Å²) < 4.78 is 7.07. The number of rotatable bonds is 4. The molecule has 0 atom stereocenters. The van der Waals surface area contributed by atoms with Crippen LogP contribution in [-0.4, -0.2) is 44.0 Å². The van der Waals surface area contributed by atoms with Crippen molar-refractivity contribution in [3.05, 3.63) is 53.1 Å². The van der Waals surface area contributed by atoms with E-state index in [1.54, 1.807) is 23.1 Å². The molecular weight excluding hydrogens is 410 g/mol. The van der Waals surface area contributed by atoms with Crippen LogP contribution in [0, 0.1) is 0 Å². The minimum Gasteiger partial charge on any atom is -0.410 e. The predicted molar refractivity (Wildman–Crippen MR) is 115 cm³/mol. The fourth-order valence-electron chi connectivity index (χ4n) is 4.96. The number of carbonyl (C=O) groups excluding carboxylic acids is 3. The first-order valence-electron chi connectivity index (χ1n) is 10.6. The molecule has 1 amide bonds. The summed E-state index contributed by atoms with van der Waals surface area (Å²) in [6.45, 7) is 0.817. The summed E-state index contributed by atoms with van der Waals surface area (Å²) >= 11 is 0. The van der Waals surface area contributed by atoms with Crippen LogP contribution in [0.1, 0.15) is 44.7 Å². The third kappa shape index (κ3) is 2.81. The van der Waals surface area contributed by atoms with Crippen molar-refractivity contribution in [2.45, 2.75) is 32.2 Å². The van der Waals surface area contributed by atoms with E-state index in [1.807, 2.05) is 6.07 Å². The first kappa shape index (κ1) is 18.7. The number of ether oxygens (including phenoxy) is 1. The molecule has 0 unspecified atom stereocenters. The molecule has 0 saturated carbocycles. The molecule has 32 heavy (non-hydrogen) atoms. The van der Waals surface area contributed by atoms with E-state index in [0.29, 0.717) is 30.0 Å². The number of aromatic amines is 1. The lowest BCUT2D eigenvalue weighted by Crippen LogP contribution is -2.30. The summed E-state index contributed by atoms with van der Waals surface area (Å²) in [6.07, 6.45) is 5.02. The second kappa shape index (κ2) is 7.01. The average molecular weight is 429 g/mol. The number of H-pyrrole nitrogens is 1. The number of aromatic nitrogens is 4. The maximum Gasteiger partial charge on any atom is 0.412 e. The van der Waals surface area contributed by atoms with Crippen LogP contribution in [0.15, 0.2) is 30.9 Å². The Balaban J connectivity index is 1.36. The molecule has 0 aliphatic heterocycles. The van der Waals surface area contributed by atoms with E-state index in [-0.39, 0.29) is 18.0 Å². The van der Waals surface area contributed by atoms with Crippen LogP contribution >= 0.6 is 0 Å². The van der Waals surface area contributed by atoms with Crippen molar-refractivity contribution >= 4 is 39.5 Å². The van der Waals surface area contributed by atoms with E-state index >= 15 is 0 Å². The van der Waals surface area contributed by atoms with Crippen LogP contribution in [0.5, 0.6) is 5.75 Å². The highest BCUT2D eigenvalue weighted by Gasteiger charge is 2.36. The molecule has 4 aromatic rings. The molecule has 2 aliphatic carbocycles. The second-order valence-electron chi connectivity index (χ2n) is 8.14. The standard InChI is InChI=1S/C23H19N5O4/c29-17-9-18(30)21-19(17)13-2-1-3-14(13)22-20(21)15-8-12(4-5-16(15)27-22)32-23(31)25-6-7-28-11-24-10-26-28/h4-5,8,10-11,27H,1-3,6-7,9H2,(H,25,31). The molecule has 160 valence electrons. The second-order valence-corrected chi connectivity index (χ2v) is 8.14. The molecule has 2 aliphatic rings. The zero-order valence-corrected chi connectivity index (χ0v) is 17.1. The van der Waals surface area contributed by atoms with Gasteiger partial charge in [0.05, 0.1) is 18.5 Å². The van der Waals surface area contributed by atoms with Gasteiger partial charge in [0, 0.05) is 34.0 Å². The summed E-state index contributed by atoms with van der Waals surface area (Å²) in [4.78, 5) is 44.9. The third-order valence-electron chi connectivity index (χ3n) is 6.26. The van der Waals surface area contributed by atoms with Crippen LogP contribution in [0.2, 0.25) is 0 Å². The molecule has 0 fully saturated rings. The Labute approximate surface area is 181 Å². The topological polar surface area (TPSA) is 119 Å². The maximum absolute atomic E-state index is 12.8. The number of benzene rings is 2. The van der Waals surface area contributed by atoms with Gasteiger partial charge in [0.25, 0.3) is 0 Å². The number of amides is 1. The largest absolute Gasteiger partial charge is 0.412 e. The fraction of sp³-hybridized carbons (Fsp3) is 0.261. The number of carbonyl (C=O) groups is 3. The molecule has 2 aromatic heterocycles. The molecular formula is C23H19N5O4. The minimum atomic E-state index is -0.582. The third-order valence-corrected chi connectivity index (χ3v) is 6.26. The van der Waals surface area contributed by atoms with Gasteiger partial charge in [0.2, 0.25) is 0 Å². The van der Waals surface area contributed by atoms with Crippen LogP contribution in [0.4, 0.5) is 4.79 Å². The molecule has 0 saturated heterocycles. The van der Waals surface area contributed by atoms with Crippen molar-refractivity contribution in [2.75, 3.05) is 6.54 Å². The Hall–Kier alpha value is -4.01. The molecule has 2 N–H and O–H groups in total. The zero-order valence-electron chi connectivity index (χ0n) is 17.1. The molecule has 0 spiro atoms. The van der Waals surface area contributed by atoms with Crippen molar-refractivity contribution in [3.8, 4) is 5.75 Å². The molecule has 0 radical (unpaired) electrons. The number of hydrogen-bond acceptors (Lipinski definition) is 6. The SMILES string of the molecule is O=C(NCCn1cncn1)Oc1ccc2[nH]c3c4c(c5c(c3c2c1)C(=O)CC5=O)CCC4. The summed E-state index contributed by atoms with van der Waals surface area (Å²) in [5.41, 5.74) is 5.04. The molecule has 2 aromatic carbocycles. The Morgan fingerprint density at radius 1 is 1.16 bits per heavy atom. The highest BCUT2D eigenvalue weighted by Crippen LogP contribution is 2.43. The first-order chi connectivity index (χ1) is 15.6. The zero-order chi connectivity index (χ0) is 21.8. The van der Waals surface area contributed by atoms with Crippen molar-refractivity contribution < 1.29 is 19.1 Å². The lowest BCUT2D eigenvalue weighted by molar-refractivity contribution is 0.0923. The number of fused-ring (bicyclic) bond motifs is 8. The number of ketones is 2. The Kier molecular flexibility index (Phi) is 4.11. The summed E-state index contributed by atoms with van der Waals surface area (Å²) in [5.74, 6) is 0.143. The highest BCUT2D eigenvalue weighted by atomic mass is 16.6. The van der Waals surface area contributed by atoms with Crippen molar-refractivity contribution in [3.63, 3.8) is 0 Å². The molecule has 9 heteroatoms. The van der Waals surface area contributed by atoms with E-state index in [2.05, 4.69) is 20.4 Å². The molecule has 2 heterocycles. The lowest BCUT2D eigenvalue weighted by Gasteiger charge is -2.09. The van der Waals surface area contributed by atoms with Gasteiger partial charge >= 0.3 is 6.09 Å². The summed E-state index contributed by atoms with van der Waals surface area (Å²) in [5, 5.41) is 8.20. The van der Waals surface area contributed by atoms with E-state index in [9.17, 15) is 14.4 Å². The molecule has 6 rings (SSSR count). The lowest BCUT2D eigenvalue weighted by atomic mass is 9.94. The van der Waals surface area contributed by atoms with E-state index in [4.69, 9.17) is 4.74 Å². The van der Waals surface area contributed by atoms with Crippen LogP contribution in [-0.2, 0) is 19.4 Å². The van der Waals surface area contributed by atoms with Gasteiger partial charge in [-0.1, -0.05) is 0 Å². The normalized spacial score (nSPS) is 14.9. The van der Waals surface area contributed by atoms with Crippen molar-refractivity contribution in [1.82, 2.24) is 25.1 Å². The molecule has 0 bridgehead atoms. The van der Waals surface area contributed by atoms with Gasteiger partial charge in [-0.15, -0.1) is 0 Å². The van der Waals surface area contributed by atoms with Gasteiger partial charge in [-0.25, -0.2) is 9.78 Å². The monoisotopic (exact) mass is 429 g/mol. The quantitative estimate of drug-likeness (QED) is 0.482. The van der Waals surface area contributed by atoms with Gasteiger partial charge in [-0.3, -0.25) is 14.3 Å². The van der Waals surface area contributed by atoms with Crippen LogP contribution in [0.3, 0.4) is 0 Å². The average Bonchev–Trinajstić information content (AvgIpc) is 3.54. The maximum atomic E-state index is 12.8. The fourth-order valence-corrected chi connectivity index (χ4v) is 4.96. The van der Waals surface area contributed by atoms with Crippen LogP contribution in [0.25, 0.3) is 21.8 Å². The first-order valence-corrected chi connectivity index (χ1v) is 10.6. The smallest absolute Gasteiger partial charge is 0.410 e. The van der Waals surface area contributed by atoms with E-state index < -0.39 is 6.09 Å². The van der Waals surface area contributed by atoms with Crippen molar-refractivity contribution in [1.29, 1.82) is 0 Å². The van der Waals surface area contributed by atoms with E-state index in [0.717, 1.165) is 52.2 Å². The van der Waals surface area contributed by atoms with Gasteiger partial charge < -0.3 is 15.0 Å². The molecule has 9 nitrogen and oxygen atoms in total. The number of aryl methyl sites for hydroxylation is 1. The minimum absolute atomic E-state index is 0.0715. The van der Waals surface area contributed by atoms with Gasteiger partial charge in [0.15, 0.2) is 11.6 Å². The predicted octanol–water partition coefficient (Wildman–Crippen LogP) is 2.96. The number of nitrogens with zero attached hydrogens (tertiary/aromatic N) is 3. The Morgan fingerprint density at radius 3 is 2.84 bits per heavy atom. The number of hydrogen-bond donors (Lipinski definition) is 2. The van der Waals surface area contributed by atoms with E-state index in [1.165, 1.54) is 6.33 Å². The Morgan fingerprint density at radius 2 is 2.00 bits per heavy atom. The van der Waals surface area contributed by atoms with Gasteiger partial charge in [-0.2, -0.15) is 5.10 Å². The van der Waals surface area contributed by atoms with Gasteiger partial charge in [-0.05, 0) is 48.6 Å². The van der Waals surface area contributed by atoms with Gasteiger partial charge in [0.1, 0.15) is 18.4 Å². The summed E-state index contributed by atoms with van der Waals surface area (Å²) in [7, 11) is 0. The van der Waals surface area contributed by atoms with Crippen LogP contribution < -0.4 is 10.1 Å². The Bertz CT molecular complexity index is 1430. The number of nitrogens with one attached hydrogen (secondary N) is 2. The highest BCUT2D eigenvalue weighted by molar-refractivity contribution is 6.33. The van der Waals surface area contributed by atoms with Crippen molar-refractivity contribution in [2.24, 2.45) is 0 Å². The number of Topliss-reactive ketones (excluding diaryl/α,β-unsaturated/α-hetero) is 2.